The smallest absolute Gasteiger partial charge is 0.133 e. The lowest BCUT2D eigenvalue weighted by atomic mass is 9.99. The van der Waals surface area contributed by atoms with Gasteiger partial charge in [-0.05, 0) is 49.7 Å². The minimum Gasteiger partial charge on any atom is -0.356 e. The van der Waals surface area contributed by atoms with Crippen LogP contribution >= 0.6 is 0 Å². The molecule has 1 atom stereocenters. The lowest BCUT2D eigenvalue weighted by Crippen LogP contribution is -2.36. The molecular weight excluding hydrogens is 222 g/mol. The minimum atomic E-state index is 0.612. The van der Waals surface area contributed by atoms with Crippen molar-refractivity contribution >= 4 is 5.82 Å². The van der Waals surface area contributed by atoms with Gasteiger partial charge in [-0.25, -0.2) is 4.98 Å². The van der Waals surface area contributed by atoms with Crippen LogP contribution in [0.25, 0.3) is 0 Å². The van der Waals surface area contributed by atoms with Crippen molar-refractivity contribution in [2.75, 3.05) is 18.0 Å². The Kier molecular flexibility index (Phi) is 3.25. The second-order valence-corrected chi connectivity index (χ2v) is 5.83. The Morgan fingerprint density at radius 1 is 1.39 bits per heavy atom. The summed E-state index contributed by atoms with van der Waals surface area (Å²) in [4.78, 5) is 7.38. The highest BCUT2D eigenvalue weighted by atomic mass is 15.2. The number of hydrogen-bond acceptors (Lipinski definition) is 3. The quantitative estimate of drug-likeness (QED) is 0.869. The molecule has 3 heteroatoms. The molecule has 3 rings (SSSR count). The molecule has 2 aliphatic rings. The normalized spacial score (nSPS) is 23.2. The maximum Gasteiger partial charge on any atom is 0.133 e. The van der Waals surface area contributed by atoms with Gasteiger partial charge in [0.1, 0.15) is 5.82 Å². The number of nitrogens with two attached hydrogens (primary N) is 1. The summed E-state index contributed by atoms with van der Waals surface area (Å²) in [6, 6.07) is 2.31. The number of piperidine rings is 1. The summed E-state index contributed by atoms with van der Waals surface area (Å²) >= 11 is 0. The van der Waals surface area contributed by atoms with E-state index in [1.165, 1.54) is 48.3 Å². The number of aryl methyl sites for hydroxylation is 2. The summed E-state index contributed by atoms with van der Waals surface area (Å²) < 4.78 is 0. The van der Waals surface area contributed by atoms with Crippen LogP contribution in [0.1, 0.15) is 43.0 Å². The van der Waals surface area contributed by atoms with Gasteiger partial charge >= 0.3 is 0 Å². The first-order chi connectivity index (χ1) is 8.78. The molecule has 18 heavy (non-hydrogen) atoms. The Labute approximate surface area is 109 Å². The fraction of sp³-hybridized carbons (Fsp3) is 0.667. The second-order valence-electron chi connectivity index (χ2n) is 5.83. The highest BCUT2D eigenvalue weighted by Crippen LogP contribution is 2.29. The van der Waals surface area contributed by atoms with E-state index in [0.717, 1.165) is 25.4 Å². The Hall–Kier alpha value is -1.09. The molecule has 1 saturated heterocycles. The van der Waals surface area contributed by atoms with Crippen molar-refractivity contribution in [3.05, 3.63) is 22.9 Å². The van der Waals surface area contributed by atoms with E-state index in [1.807, 2.05) is 0 Å². The van der Waals surface area contributed by atoms with Crippen LogP contribution in [0, 0.1) is 5.92 Å². The van der Waals surface area contributed by atoms with E-state index in [-0.39, 0.29) is 0 Å². The van der Waals surface area contributed by atoms with Crippen molar-refractivity contribution in [1.29, 1.82) is 0 Å². The molecule has 1 fully saturated rings. The fourth-order valence-electron chi connectivity index (χ4n) is 3.31. The summed E-state index contributed by atoms with van der Waals surface area (Å²) in [5.41, 5.74) is 9.91. The van der Waals surface area contributed by atoms with Crippen molar-refractivity contribution in [3.63, 3.8) is 0 Å². The standard InChI is InChI=1S/C15H23N3/c1-11-4-3-7-18(10-11)15-13(9-16)8-12-5-2-6-14(12)17-15/h8,11H,2-7,9-10,16H2,1H3. The molecule has 2 N–H and O–H groups in total. The largest absolute Gasteiger partial charge is 0.356 e. The number of nitrogens with zero attached hydrogens (tertiary/aromatic N) is 2. The van der Waals surface area contributed by atoms with Crippen molar-refractivity contribution in [1.82, 2.24) is 4.98 Å². The summed E-state index contributed by atoms with van der Waals surface area (Å²) in [6.45, 7) is 5.23. The van der Waals surface area contributed by atoms with Crippen LogP contribution in [0.2, 0.25) is 0 Å². The number of anilines is 1. The van der Waals surface area contributed by atoms with Crippen molar-refractivity contribution < 1.29 is 0 Å². The zero-order valence-corrected chi connectivity index (χ0v) is 11.3. The number of aromatic nitrogens is 1. The molecular formula is C15H23N3. The van der Waals surface area contributed by atoms with Gasteiger partial charge in [0.15, 0.2) is 0 Å². The Morgan fingerprint density at radius 2 is 2.28 bits per heavy atom. The van der Waals surface area contributed by atoms with Crippen molar-refractivity contribution in [2.45, 2.75) is 45.6 Å². The molecule has 0 aromatic carbocycles. The predicted octanol–water partition coefficient (Wildman–Crippen LogP) is 2.27. The Bertz CT molecular complexity index is 442. The first-order valence-corrected chi connectivity index (χ1v) is 7.24. The topological polar surface area (TPSA) is 42.2 Å². The number of hydrogen-bond donors (Lipinski definition) is 1. The molecule has 3 nitrogen and oxygen atoms in total. The summed E-state index contributed by atoms with van der Waals surface area (Å²) in [6.07, 6.45) is 6.22. The molecule has 0 saturated carbocycles. The molecule has 0 bridgehead atoms. The van der Waals surface area contributed by atoms with Crippen LogP contribution in [-0.4, -0.2) is 18.1 Å². The van der Waals surface area contributed by atoms with E-state index in [1.54, 1.807) is 0 Å². The van der Waals surface area contributed by atoms with E-state index >= 15 is 0 Å². The maximum absolute atomic E-state index is 5.92. The maximum atomic E-state index is 5.92. The molecule has 2 heterocycles. The summed E-state index contributed by atoms with van der Waals surface area (Å²) in [7, 11) is 0. The van der Waals surface area contributed by atoms with Gasteiger partial charge in [0, 0.05) is 30.9 Å². The summed E-state index contributed by atoms with van der Waals surface area (Å²) in [5, 5.41) is 0. The van der Waals surface area contributed by atoms with Crippen LogP contribution in [0.15, 0.2) is 6.07 Å². The average Bonchev–Trinajstić information content (AvgIpc) is 2.84. The Morgan fingerprint density at radius 3 is 3.06 bits per heavy atom. The van der Waals surface area contributed by atoms with Crippen LogP contribution < -0.4 is 10.6 Å². The fourth-order valence-corrected chi connectivity index (χ4v) is 3.31. The average molecular weight is 245 g/mol. The van der Waals surface area contributed by atoms with Crippen LogP contribution in [-0.2, 0) is 19.4 Å². The molecule has 98 valence electrons. The third-order valence-electron chi connectivity index (χ3n) is 4.28. The van der Waals surface area contributed by atoms with Gasteiger partial charge in [-0.15, -0.1) is 0 Å². The van der Waals surface area contributed by atoms with E-state index < -0.39 is 0 Å². The molecule has 1 aromatic heterocycles. The van der Waals surface area contributed by atoms with Gasteiger partial charge in [-0.3, -0.25) is 0 Å². The molecule has 1 aliphatic heterocycles. The van der Waals surface area contributed by atoms with Crippen LogP contribution in [0.3, 0.4) is 0 Å². The first-order valence-electron chi connectivity index (χ1n) is 7.24. The molecule has 0 spiro atoms. The number of pyridine rings is 1. The van der Waals surface area contributed by atoms with E-state index in [9.17, 15) is 0 Å². The van der Waals surface area contributed by atoms with Crippen LogP contribution in [0.5, 0.6) is 0 Å². The van der Waals surface area contributed by atoms with E-state index in [2.05, 4.69) is 17.9 Å². The number of fused-ring (bicyclic) bond motifs is 1. The van der Waals surface area contributed by atoms with Gasteiger partial charge in [0.2, 0.25) is 0 Å². The zero-order chi connectivity index (χ0) is 12.5. The third kappa shape index (κ3) is 2.12. The van der Waals surface area contributed by atoms with E-state index in [0.29, 0.717) is 6.54 Å². The monoisotopic (exact) mass is 245 g/mol. The Balaban J connectivity index is 1.94. The lowest BCUT2D eigenvalue weighted by Gasteiger charge is -2.33. The van der Waals surface area contributed by atoms with Crippen LogP contribution in [0.4, 0.5) is 5.82 Å². The first kappa shape index (κ1) is 12.0. The van der Waals surface area contributed by atoms with Gasteiger partial charge < -0.3 is 10.6 Å². The molecule has 1 aromatic rings. The third-order valence-corrected chi connectivity index (χ3v) is 4.28. The predicted molar refractivity (Wildman–Crippen MR) is 74.8 cm³/mol. The van der Waals surface area contributed by atoms with E-state index in [4.69, 9.17) is 10.7 Å². The van der Waals surface area contributed by atoms with Gasteiger partial charge in [0.25, 0.3) is 0 Å². The SMILES string of the molecule is CC1CCCN(c2nc3c(cc2CN)CCC3)C1. The minimum absolute atomic E-state index is 0.612. The van der Waals surface area contributed by atoms with Gasteiger partial charge in [-0.1, -0.05) is 6.92 Å². The highest BCUT2D eigenvalue weighted by molar-refractivity contribution is 5.51. The molecule has 0 amide bonds. The van der Waals surface area contributed by atoms with Gasteiger partial charge in [0.05, 0.1) is 0 Å². The molecule has 1 unspecified atom stereocenters. The highest BCUT2D eigenvalue weighted by Gasteiger charge is 2.22. The molecule has 1 aliphatic carbocycles. The lowest BCUT2D eigenvalue weighted by molar-refractivity contribution is 0.443. The van der Waals surface area contributed by atoms with Gasteiger partial charge in [-0.2, -0.15) is 0 Å². The second kappa shape index (κ2) is 4.88. The van der Waals surface area contributed by atoms with Crippen molar-refractivity contribution in [2.24, 2.45) is 11.7 Å². The van der Waals surface area contributed by atoms with Crippen molar-refractivity contribution in [3.8, 4) is 0 Å². The number of rotatable bonds is 2. The summed E-state index contributed by atoms with van der Waals surface area (Å²) in [5.74, 6) is 1.95. The zero-order valence-electron chi connectivity index (χ0n) is 11.3. The molecule has 0 radical (unpaired) electrons.